The van der Waals surface area contributed by atoms with Crippen LogP contribution in [-0.2, 0) is 4.79 Å². The molecule has 126 valence electrons. The second-order valence-corrected chi connectivity index (χ2v) is 10.1. The maximum atomic E-state index is 12.5. The molecule has 4 heteroatoms. The molecular formula is C19H28N2OS. The van der Waals surface area contributed by atoms with Crippen LogP contribution in [0.1, 0.15) is 70.6 Å². The number of carbonyl (C=O) groups is 1. The summed E-state index contributed by atoms with van der Waals surface area (Å²) in [5, 5.41) is 12.6. The largest absolute Gasteiger partial charge is 0.337 e. The molecule has 0 heterocycles. The van der Waals surface area contributed by atoms with Gasteiger partial charge in [-0.25, -0.2) is 0 Å². The lowest BCUT2D eigenvalue weighted by Gasteiger charge is -2.56. The Labute approximate surface area is 144 Å². The highest BCUT2D eigenvalue weighted by Crippen LogP contribution is 2.60. The fourth-order valence-corrected chi connectivity index (χ4v) is 7.72. The van der Waals surface area contributed by atoms with Gasteiger partial charge in [0.1, 0.15) is 5.54 Å². The van der Waals surface area contributed by atoms with Crippen molar-refractivity contribution in [3.8, 4) is 6.07 Å². The van der Waals surface area contributed by atoms with Crippen LogP contribution in [0.4, 0.5) is 0 Å². The topological polar surface area (TPSA) is 52.9 Å². The third kappa shape index (κ3) is 3.14. The molecule has 5 saturated carbocycles. The monoisotopic (exact) mass is 332 g/mol. The fraction of sp³-hybridized carbons (Fsp3) is 0.895. The Bertz CT molecular complexity index is 483. The Morgan fingerprint density at radius 2 is 1.61 bits per heavy atom. The van der Waals surface area contributed by atoms with Crippen molar-refractivity contribution in [3.05, 3.63) is 0 Å². The van der Waals surface area contributed by atoms with Gasteiger partial charge in [0.2, 0.25) is 5.91 Å². The molecule has 0 aromatic rings. The fourth-order valence-electron chi connectivity index (χ4n) is 6.15. The van der Waals surface area contributed by atoms with Gasteiger partial charge in [0.05, 0.1) is 11.8 Å². The smallest absolute Gasteiger partial charge is 0.231 e. The molecule has 0 unspecified atom stereocenters. The molecule has 3 nitrogen and oxygen atoms in total. The summed E-state index contributed by atoms with van der Waals surface area (Å²) in [6.07, 6.45) is 13.3. The number of amides is 1. The Balaban J connectivity index is 1.34. The molecular weight excluding hydrogens is 304 g/mol. The van der Waals surface area contributed by atoms with Gasteiger partial charge < -0.3 is 5.32 Å². The quantitative estimate of drug-likeness (QED) is 0.845. The van der Waals surface area contributed by atoms with E-state index in [1.54, 1.807) is 0 Å². The first kappa shape index (κ1) is 15.8. The molecule has 5 aliphatic carbocycles. The van der Waals surface area contributed by atoms with E-state index in [0.717, 1.165) is 43.4 Å². The van der Waals surface area contributed by atoms with E-state index in [-0.39, 0.29) is 5.91 Å². The van der Waals surface area contributed by atoms with E-state index in [0.29, 0.717) is 10.5 Å². The Morgan fingerprint density at radius 1 is 1.04 bits per heavy atom. The molecule has 5 aliphatic rings. The van der Waals surface area contributed by atoms with Gasteiger partial charge >= 0.3 is 0 Å². The number of hydrogen-bond acceptors (Lipinski definition) is 3. The number of carbonyl (C=O) groups excluding carboxylic acids is 1. The molecule has 0 saturated heterocycles. The van der Waals surface area contributed by atoms with Crippen LogP contribution in [0.5, 0.6) is 0 Å². The van der Waals surface area contributed by atoms with Crippen LogP contribution in [0, 0.1) is 29.1 Å². The predicted octanol–water partition coefficient (Wildman–Crippen LogP) is 4.03. The van der Waals surface area contributed by atoms with Crippen LogP contribution >= 0.6 is 11.8 Å². The summed E-state index contributed by atoms with van der Waals surface area (Å²) in [4.78, 5) is 12.5. The van der Waals surface area contributed by atoms with Crippen LogP contribution in [-0.4, -0.2) is 21.9 Å². The zero-order valence-electron chi connectivity index (χ0n) is 14.0. The number of nitrogens with one attached hydrogen (secondary N) is 1. The number of thioether (sulfide) groups is 1. The molecule has 0 radical (unpaired) electrons. The molecule has 4 bridgehead atoms. The zero-order valence-corrected chi connectivity index (χ0v) is 14.8. The molecule has 1 N–H and O–H groups in total. The van der Waals surface area contributed by atoms with Crippen molar-refractivity contribution >= 4 is 17.7 Å². The van der Waals surface area contributed by atoms with Crippen LogP contribution < -0.4 is 5.32 Å². The molecule has 5 rings (SSSR count). The first-order valence-electron chi connectivity index (χ1n) is 9.47. The van der Waals surface area contributed by atoms with E-state index in [2.05, 4.69) is 11.4 Å². The molecule has 0 atom stereocenters. The summed E-state index contributed by atoms with van der Waals surface area (Å²) in [5.41, 5.74) is -0.572. The SMILES string of the molecule is N#CC1(NC(=O)CSC23CC4CC(CC(C4)C2)C3)CCCCC1. The second-order valence-electron chi connectivity index (χ2n) is 8.69. The van der Waals surface area contributed by atoms with Gasteiger partial charge in [-0.1, -0.05) is 19.3 Å². The van der Waals surface area contributed by atoms with E-state index in [1.807, 2.05) is 11.8 Å². The standard InChI is InChI=1S/C19H28N2OS/c20-13-18(4-2-1-3-5-18)21-17(22)12-23-19-9-14-6-15(10-19)8-16(7-14)11-19/h14-16H,1-12H2,(H,21,22). The van der Waals surface area contributed by atoms with Crippen LogP contribution in [0.3, 0.4) is 0 Å². The van der Waals surface area contributed by atoms with E-state index in [9.17, 15) is 10.1 Å². The molecule has 5 fully saturated rings. The first-order chi connectivity index (χ1) is 11.1. The summed E-state index contributed by atoms with van der Waals surface area (Å²) in [5.74, 6) is 3.44. The van der Waals surface area contributed by atoms with Crippen LogP contribution in [0.25, 0.3) is 0 Å². The molecule has 0 spiro atoms. The van der Waals surface area contributed by atoms with Crippen LogP contribution in [0.2, 0.25) is 0 Å². The summed E-state index contributed by atoms with van der Waals surface area (Å²) >= 11 is 1.92. The van der Waals surface area contributed by atoms with Crippen molar-refractivity contribution in [1.29, 1.82) is 5.26 Å². The number of nitriles is 1. The van der Waals surface area contributed by atoms with Gasteiger partial charge in [-0.05, 0) is 69.1 Å². The second kappa shape index (κ2) is 5.99. The van der Waals surface area contributed by atoms with E-state index < -0.39 is 5.54 Å². The summed E-state index contributed by atoms with van der Waals surface area (Å²) in [6, 6.07) is 2.40. The van der Waals surface area contributed by atoms with Crippen molar-refractivity contribution in [2.45, 2.75) is 80.9 Å². The van der Waals surface area contributed by atoms with Crippen molar-refractivity contribution < 1.29 is 4.79 Å². The van der Waals surface area contributed by atoms with E-state index in [1.165, 1.54) is 44.9 Å². The minimum atomic E-state index is -0.572. The summed E-state index contributed by atoms with van der Waals surface area (Å²) in [7, 11) is 0. The van der Waals surface area contributed by atoms with Crippen molar-refractivity contribution in [1.82, 2.24) is 5.32 Å². The average Bonchev–Trinajstić information content (AvgIpc) is 2.53. The number of rotatable bonds is 4. The third-order valence-electron chi connectivity index (χ3n) is 6.79. The molecule has 0 aromatic heterocycles. The Hall–Kier alpha value is -0.690. The van der Waals surface area contributed by atoms with Gasteiger partial charge in [-0.2, -0.15) is 5.26 Å². The lowest BCUT2D eigenvalue weighted by Crippen LogP contribution is -2.51. The highest BCUT2D eigenvalue weighted by Gasteiger charge is 2.51. The average molecular weight is 333 g/mol. The highest BCUT2D eigenvalue weighted by atomic mass is 32.2. The molecule has 0 aliphatic heterocycles. The Kier molecular flexibility index (Phi) is 4.12. The minimum absolute atomic E-state index is 0.0918. The van der Waals surface area contributed by atoms with Gasteiger partial charge in [0.25, 0.3) is 0 Å². The summed E-state index contributed by atoms with van der Waals surface area (Å²) in [6.45, 7) is 0. The van der Waals surface area contributed by atoms with Crippen molar-refractivity contribution in [3.63, 3.8) is 0 Å². The van der Waals surface area contributed by atoms with Crippen molar-refractivity contribution in [2.75, 3.05) is 5.75 Å². The highest BCUT2D eigenvalue weighted by molar-refractivity contribution is 8.01. The molecule has 23 heavy (non-hydrogen) atoms. The first-order valence-corrected chi connectivity index (χ1v) is 10.5. The summed E-state index contributed by atoms with van der Waals surface area (Å²) < 4.78 is 0.387. The van der Waals surface area contributed by atoms with Crippen LogP contribution in [0.15, 0.2) is 0 Å². The maximum Gasteiger partial charge on any atom is 0.231 e. The number of hydrogen-bond donors (Lipinski definition) is 1. The molecule has 0 aromatic carbocycles. The predicted molar refractivity (Wildman–Crippen MR) is 92.9 cm³/mol. The van der Waals surface area contributed by atoms with Gasteiger partial charge in [-0.3, -0.25) is 4.79 Å². The maximum absolute atomic E-state index is 12.5. The van der Waals surface area contributed by atoms with Gasteiger partial charge in [0, 0.05) is 4.75 Å². The normalized spacial score (nSPS) is 40.6. The lowest BCUT2D eigenvalue weighted by atomic mass is 9.56. The van der Waals surface area contributed by atoms with E-state index in [4.69, 9.17) is 0 Å². The third-order valence-corrected chi connectivity index (χ3v) is 8.31. The van der Waals surface area contributed by atoms with Crippen molar-refractivity contribution in [2.24, 2.45) is 17.8 Å². The number of nitrogens with zero attached hydrogens (tertiary/aromatic N) is 1. The Morgan fingerprint density at radius 3 is 2.13 bits per heavy atom. The zero-order chi connectivity index (χ0) is 15.9. The minimum Gasteiger partial charge on any atom is -0.337 e. The van der Waals surface area contributed by atoms with E-state index >= 15 is 0 Å². The van der Waals surface area contributed by atoms with Gasteiger partial charge in [-0.15, -0.1) is 11.8 Å². The molecule has 1 amide bonds. The lowest BCUT2D eigenvalue weighted by molar-refractivity contribution is -0.120. The van der Waals surface area contributed by atoms with Gasteiger partial charge in [0.15, 0.2) is 0 Å².